The standard InChI is InChI=1S/C12H11BrF3N3O2/c1-5(20)9(17)11-18-10(19-21-11)7-3-2-6(13)4-8(7)12(14,15)16/h2-5,9,20H,17H2,1H3/t5-,9+/m1/s1. The van der Waals surface area contributed by atoms with E-state index in [9.17, 15) is 18.3 Å². The summed E-state index contributed by atoms with van der Waals surface area (Å²) in [6.07, 6.45) is -5.53. The number of aliphatic hydroxyl groups excluding tert-OH is 1. The monoisotopic (exact) mass is 365 g/mol. The molecule has 0 aliphatic carbocycles. The van der Waals surface area contributed by atoms with Gasteiger partial charge < -0.3 is 15.4 Å². The highest BCUT2D eigenvalue weighted by molar-refractivity contribution is 9.10. The molecule has 2 aromatic rings. The summed E-state index contributed by atoms with van der Waals surface area (Å²) in [4.78, 5) is 3.83. The molecule has 0 saturated carbocycles. The van der Waals surface area contributed by atoms with Gasteiger partial charge in [-0.2, -0.15) is 18.2 Å². The number of benzene rings is 1. The average molecular weight is 366 g/mol. The molecule has 1 aromatic heterocycles. The van der Waals surface area contributed by atoms with Crippen molar-refractivity contribution in [2.45, 2.75) is 25.2 Å². The highest BCUT2D eigenvalue weighted by Crippen LogP contribution is 2.37. The first-order valence-corrected chi connectivity index (χ1v) is 6.64. The molecule has 0 fully saturated rings. The van der Waals surface area contributed by atoms with Crippen LogP contribution in [0.3, 0.4) is 0 Å². The number of hydrogen-bond donors (Lipinski definition) is 2. The molecule has 21 heavy (non-hydrogen) atoms. The number of alkyl halides is 3. The molecular formula is C12H11BrF3N3O2. The molecule has 3 N–H and O–H groups in total. The molecule has 2 atom stereocenters. The third-order valence-electron chi connectivity index (χ3n) is 2.77. The fourth-order valence-corrected chi connectivity index (χ4v) is 1.99. The Bertz CT molecular complexity index is 643. The summed E-state index contributed by atoms with van der Waals surface area (Å²) in [5.74, 6) is -0.364. The van der Waals surface area contributed by atoms with Crippen molar-refractivity contribution in [2.24, 2.45) is 5.73 Å². The topological polar surface area (TPSA) is 85.2 Å². The number of nitrogens with zero attached hydrogens (tertiary/aromatic N) is 2. The van der Waals surface area contributed by atoms with Gasteiger partial charge in [-0.15, -0.1) is 0 Å². The van der Waals surface area contributed by atoms with Crippen LogP contribution in [0, 0.1) is 0 Å². The van der Waals surface area contributed by atoms with Gasteiger partial charge in [0.25, 0.3) is 0 Å². The zero-order valence-corrected chi connectivity index (χ0v) is 12.3. The van der Waals surface area contributed by atoms with Crippen LogP contribution in [0.2, 0.25) is 0 Å². The van der Waals surface area contributed by atoms with Crippen LogP contribution in [-0.2, 0) is 6.18 Å². The molecule has 114 valence electrons. The van der Waals surface area contributed by atoms with Crippen molar-refractivity contribution >= 4 is 15.9 Å². The second-order valence-electron chi connectivity index (χ2n) is 4.41. The Labute approximate surface area is 126 Å². The first-order chi connectivity index (χ1) is 9.70. The Morgan fingerprint density at radius 3 is 2.62 bits per heavy atom. The number of nitrogens with two attached hydrogens (primary N) is 1. The summed E-state index contributed by atoms with van der Waals surface area (Å²) in [7, 11) is 0. The third-order valence-corrected chi connectivity index (χ3v) is 3.27. The molecule has 0 unspecified atom stereocenters. The molecule has 1 aromatic carbocycles. The predicted molar refractivity (Wildman–Crippen MR) is 71.0 cm³/mol. The van der Waals surface area contributed by atoms with Crippen molar-refractivity contribution < 1.29 is 22.8 Å². The molecule has 0 bridgehead atoms. The van der Waals surface area contributed by atoms with Crippen LogP contribution in [0.15, 0.2) is 27.2 Å². The minimum absolute atomic E-state index is 0.129. The summed E-state index contributed by atoms with van der Waals surface area (Å²) >= 11 is 2.99. The van der Waals surface area contributed by atoms with Crippen molar-refractivity contribution in [3.05, 3.63) is 34.1 Å². The van der Waals surface area contributed by atoms with E-state index in [1.807, 2.05) is 0 Å². The summed E-state index contributed by atoms with van der Waals surface area (Å²) in [6.45, 7) is 1.41. The van der Waals surface area contributed by atoms with E-state index in [-0.39, 0.29) is 21.8 Å². The normalized spacial score (nSPS) is 15.0. The van der Waals surface area contributed by atoms with Crippen molar-refractivity contribution in [1.29, 1.82) is 0 Å². The van der Waals surface area contributed by atoms with E-state index in [2.05, 4.69) is 26.1 Å². The molecule has 0 aliphatic rings. The van der Waals surface area contributed by atoms with E-state index < -0.39 is 23.9 Å². The molecular weight excluding hydrogens is 355 g/mol. The van der Waals surface area contributed by atoms with Crippen LogP contribution in [0.25, 0.3) is 11.4 Å². The van der Waals surface area contributed by atoms with Gasteiger partial charge in [0.05, 0.1) is 11.7 Å². The van der Waals surface area contributed by atoms with Gasteiger partial charge in [0.2, 0.25) is 11.7 Å². The van der Waals surface area contributed by atoms with Crippen molar-refractivity contribution in [2.75, 3.05) is 0 Å². The number of aromatic nitrogens is 2. The Hall–Kier alpha value is -1.45. The molecule has 0 amide bonds. The van der Waals surface area contributed by atoms with Crippen molar-refractivity contribution in [3.8, 4) is 11.4 Å². The number of aliphatic hydroxyl groups is 1. The van der Waals surface area contributed by atoms with E-state index in [1.165, 1.54) is 19.1 Å². The molecule has 5 nitrogen and oxygen atoms in total. The van der Waals surface area contributed by atoms with E-state index in [0.717, 1.165) is 6.07 Å². The zero-order chi connectivity index (χ0) is 15.8. The number of halogens is 4. The maximum absolute atomic E-state index is 13.0. The van der Waals surface area contributed by atoms with Crippen LogP contribution >= 0.6 is 15.9 Å². The minimum Gasteiger partial charge on any atom is -0.391 e. The molecule has 1 heterocycles. The second kappa shape index (κ2) is 5.74. The highest BCUT2D eigenvalue weighted by atomic mass is 79.9. The predicted octanol–water partition coefficient (Wildman–Crippen LogP) is 2.90. The van der Waals surface area contributed by atoms with Gasteiger partial charge >= 0.3 is 6.18 Å². The number of hydrogen-bond acceptors (Lipinski definition) is 5. The Balaban J connectivity index is 2.48. The molecule has 0 aliphatic heterocycles. The molecule has 0 radical (unpaired) electrons. The van der Waals surface area contributed by atoms with Gasteiger partial charge in [0, 0.05) is 10.0 Å². The molecule has 2 rings (SSSR count). The largest absolute Gasteiger partial charge is 0.417 e. The lowest BCUT2D eigenvalue weighted by atomic mass is 10.1. The smallest absolute Gasteiger partial charge is 0.391 e. The van der Waals surface area contributed by atoms with Crippen LogP contribution in [0.4, 0.5) is 13.2 Å². The number of rotatable bonds is 3. The highest BCUT2D eigenvalue weighted by Gasteiger charge is 2.35. The van der Waals surface area contributed by atoms with Crippen LogP contribution < -0.4 is 5.73 Å². The lowest BCUT2D eigenvalue weighted by molar-refractivity contribution is -0.137. The van der Waals surface area contributed by atoms with E-state index >= 15 is 0 Å². The van der Waals surface area contributed by atoms with Gasteiger partial charge in [-0.25, -0.2) is 0 Å². The maximum atomic E-state index is 13.0. The van der Waals surface area contributed by atoms with E-state index in [1.54, 1.807) is 0 Å². The van der Waals surface area contributed by atoms with Crippen molar-refractivity contribution in [1.82, 2.24) is 10.1 Å². The van der Waals surface area contributed by atoms with Gasteiger partial charge in [-0.05, 0) is 25.1 Å². The van der Waals surface area contributed by atoms with Gasteiger partial charge in [-0.3, -0.25) is 0 Å². The first kappa shape index (κ1) is 15.9. The van der Waals surface area contributed by atoms with E-state index in [0.29, 0.717) is 0 Å². The minimum atomic E-state index is -4.56. The Morgan fingerprint density at radius 2 is 2.05 bits per heavy atom. The average Bonchev–Trinajstić information content (AvgIpc) is 2.86. The van der Waals surface area contributed by atoms with Crippen LogP contribution in [-0.4, -0.2) is 21.4 Å². The fourth-order valence-electron chi connectivity index (χ4n) is 1.63. The maximum Gasteiger partial charge on any atom is 0.417 e. The van der Waals surface area contributed by atoms with E-state index in [4.69, 9.17) is 10.3 Å². The lowest BCUT2D eigenvalue weighted by Crippen LogP contribution is -2.23. The molecule has 0 saturated heterocycles. The van der Waals surface area contributed by atoms with Crippen LogP contribution in [0.5, 0.6) is 0 Å². The third kappa shape index (κ3) is 3.42. The van der Waals surface area contributed by atoms with Gasteiger partial charge in [-0.1, -0.05) is 21.1 Å². The van der Waals surface area contributed by atoms with Crippen molar-refractivity contribution in [3.63, 3.8) is 0 Å². The Kier molecular flexibility index (Phi) is 4.35. The fraction of sp³-hybridized carbons (Fsp3) is 0.333. The quantitative estimate of drug-likeness (QED) is 0.873. The first-order valence-electron chi connectivity index (χ1n) is 5.84. The molecule has 9 heteroatoms. The summed E-state index contributed by atoms with van der Waals surface area (Å²) in [6, 6.07) is 2.64. The van der Waals surface area contributed by atoms with Crippen LogP contribution in [0.1, 0.15) is 24.4 Å². The zero-order valence-electron chi connectivity index (χ0n) is 10.7. The summed E-state index contributed by atoms with van der Waals surface area (Å²) in [5, 5.41) is 12.8. The second-order valence-corrected chi connectivity index (χ2v) is 5.33. The van der Waals surface area contributed by atoms with Gasteiger partial charge in [0.1, 0.15) is 6.04 Å². The Morgan fingerprint density at radius 1 is 1.38 bits per heavy atom. The summed E-state index contributed by atoms with van der Waals surface area (Å²) in [5.41, 5.74) is 4.48. The molecule has 0 spiro atoms. The lowest BCUT2D eigenvalue weighted by Gasteiger charge is -2.11. The summed E-state index contributed by atoms with van der Waals surface area (Å²) < 4.78 is 44.2. The SMILES string of the molecule is C[C@@H](O)[C@H](N)c1nc(-c2ccc(Br)cc2C(F)(F)F)no1. The van der Waals surface area contributed by atoms with Gasteiger partial charge in [0.15, 0.2) is 0 Å².